The molecule has 0 aromatic heterocycles. The Morgan fingerprint density at radius 1 is 1.18 bits per heavy atom. The van der Waals surface area contributed by atoms with Gasteiger partial charge in [0.1, 0.15) is 17.3 Å². The molecule has 0 aromatic carbocycles. The standard InChI is InChI=1S/C22H30O6/c1-18(10-23)6-3-7-19(2)13-9-22-16(27-22)15(25)20(11-24)17(28-20)21(22,26)8-12(13)4-5-14(18)19/h4,13-14,16-17,23-24,26H,3,5-11H2,1-2H3/t13-,14-,16+,17-,18-,19+,20-,21+,22+/m0/s1. The molecule has 6 rings (SSSR count). The van der Waals surface area contributed by atoms with Crippen LogP contribution in [0.1, 0.15) is 52.4 Å². The van der Waals surface area contributed by atoms with Crippen molar-refractivity contribution >= 4 is 5.78 Å². The van der Waals surface area contributed by atoms with Gasteiger partial charge in [0.2, 0.25) is 5.78 Å². The van der Waals surface area contributed by atoms with Gasteiger partial charge in [0, 0.05) is 13.0 Å². The smallest absolute Gasteiger partial charge is 0.201 e. The van der Waals surface area contributed by atoms with E-state index in [4.69, 9.17) is 9.47 Å². The van der Waals surface area contributed by atoms with E-state index in [1.165, 1.54) is 5.57 Å². The maximum absolute atomic E-state index is 12.9. The number of rotatable bonds is 2. The van der Waals surface area contributed by atoms with Crippen LogP contribution in [0.2, 0.25) is 0 Å². The number of aliphatic hydroxyl groups is 3. The van der Waals surface area contributed by atoms with E-state index < -0.39 is 35.6 Å². The molecule has 3 saturated carbocycles. The fraction of sp³-hybridized carbons (Fsp3) is 0.864. The molecule has 0 unspecified atom stereocenters. The van der Waals surface area contributed by atoms with Crippen molar-refractivity contribution < 1.29 is 29.6 Å². The van der Waals surface area contributed by atoms with Crippen LogP contribution < -0.4 is 0 Å². The van der Waals surface area contributed by atoms with Gasteiger partial charge in [-0.05, 0) is 48.3 Å². The van der Waals surface area contributed by atoms with Crippen LogP contribution in [0.5, 0.6) is 0 Å². The van der Waals surface area contributed by atoms with Crippen LogP contribution in [0.15, 0.2) is 11.6 Å². The Kier molecular flexibility index (Phi) is 3.16. The highest BCUT2D eigenvalue weighted by Gasteiger charge is 2.90. The topological polar surface area (TPSA) is 103 Å². The van der Waals surface area contributed by atoms with Crippen LogP contribution in [-0.2, 0) is 14.3 Å². The summed E-state index contributed by atoms with van der Waals surface area (Å²) in [6.45, 7) is 4.35. The van der Waals surface area contributed by atoms with E-state index in [9.17, 15) is 20.1 Å². The highest BCUT2D eigenvalue weighted by Crippen LogP contribution is 2.72. The molecular weight excluding hydrogens is 360 g/mol. The molecule has 2 heterocycles. The first-order valence-electron chi connectivity index (χ1n) is 10.7. The fourth-order valence-corrected chi connectivity index (χ4v) is 8.02. The van der Waals surface area contributed by atoms with Crippen molar-refractivity contribution in [3.05, 3.63) is 11.6 Å². The number of carbonyl (C=O) groups is 1. The zero-order valence-corrected chi connectivity index (χ0v) is 16.6. The van der Waals surface area contributed by atoms with Crippen molar-refractivity contribution in [2.45, 2.75) is 81.4 Å². The average molecular weight is 390 g/mol. The lowest BCUT2D eigenvalue weighted by Crippen LogP contribution is -2.65. The minimum Gasteiger partial charge on any atom is -0.396 e. The quantitative estimate of drug-likeness (QED) is 0.482. The monoisotopic (exact) mass is 390 g/mol. The summed E-state index contributed by atoms with van der Waals surface area (Å²) >= 11 is 0. The minimum absolute atomic E-state index is 0.0331. The summed E-state index contributed by atoms with van der Waals surface area (Å²) in [6, 6.07) is 0. The van der Waals surface area contributed by atoms with Gasteiger partial charge in [0.25, 0.3) is 0 Å². The predicted octanol–water partition coefficient (Wildman–Crippen LogP) is 1.11. The Hall–Kier alpha value is -0.790. The van der Waals surface area contributed by atoms with Gasteiger partial charge in [-0.2, -0.15) is 0 Å². The lowest BCUT2D eigenvalue weighted by Gasteiger charge is -2.60. The van der Waals surface area contributed by atoms with Crippen molar-refractivity contribution in [3.63, 3.8) is 0 Å². The first kappa shape index (κ1) is 18.0. The third-order valence-corrected chi connectivity index (χ3v) is 9.75. The fourth-order valence-electron chi connectivity index (χ4n) is 8.02. The van der Waals surface area contributed by atoms with Gasteiger partial charge < -0.3 is 24.8 Å². The highest BCUT2D eigenvalue weighted by atomic mass is 16.7. The Morgan fingerprint density at radius 3 is 2.68 bits per heavy atom. The number of aliphatic hydroxyl groups excluding tert-OH is 2. The van der Waals surface area contributed by atoms with Crippen molar-refractivity contribution in [1.29, 1.82) is 0 Å². The molecule has 6 nitrogen and oxygen atoms in total. The molecule has 2 saturated heterocycles. The van der Waals surface area contributed by atoms with E-state index in [-0.39, 0.29) is 29.1 Å². The second-order valence-corrected chi connectivity index (χ2v) is 10.9. The number of hydrogen-bond acceptors (Lipinski definition) is 6. The molecule has 0 bridgehead atoms. The molecule has 5 fully saturated rings. The molecule has 0 radical (unpaired) electrons. The lowest BCUT2D eigenvalue weighted by atomic mass is 9.44. The summed E-state index contributed by atoms with van der Waals surface area (Å²) in [5, 5.41) is 31.6. The van der Waals surface area contributed by atoms with Crippen LogP contribution in [-0.4, -0.2) is 63.3 Å². The molecule has 6 aliphatic rings. The van der Waals surface area contributed by atoms with Crippen LogP contribution in [0.4, 0.5) is 0 Å². The van der Waals surface area contributed by atoms with Gasteiger partial charge in [-0.25, -0.2) is 0 Å². The Labute approximate surface area is 164 Å². The summed E-state index contributed by atoms with van der Waals surface area (Å²) in [7, 11) is 0. The van der Waals surface area contributed by atoms with Gasteiger partial charge in [-0.1, -0.05) is 31.9 Å². The molecule has 6 heteroatoms. The molecule has 2 aliphatic heterocycles. The van der Waals surface area contributed by atoms with Gasteiger partial charge in [-0.3, -0.25) is 4.79 Å². The van der Waals surface area contributed by atoms with E-state index in [1.807, 2.05) is 0 Å². The predicted molar refractivity (Wildman–Crippen MR) is 98.3 cm³/mol. The van der Waals surface area contributed by atoms with Crippen molar-refractivity contribution in [2.75, 3.05) is 13.2 Å². The summed E-state index contributed by atoms with van der Waals surface area (Å²) < 4.78 is 11.7. The van der Waals surface area contributed by atoms with E-state index >= 15 is 0 Å². The van der Waals surface area contributed by atoms with Gasteiger partial charge >= 0.3 is 0 Å². The normalized spacial score (nSPS) is 61.2. The van der Waals surface area contributed by atoms with Crippen LogP contribution in [0, 0.1) is 22.7 Å². The first-order valence-corrected chi connectivity index (χ1v) is 10.7. The van der Waals surface area contributed by atoms with Crippen molar-refractivity contribution in [2.24, 2.45) is 22.7 Å². The molecular formula is C22H30O6. The third kappa shape index (κ3) is 1.70. The molecule has 9 atom stereocenters. The molecule has 28 heavy (non-hydrogen) atoms. The Bertz CT molecular complexity index is 809. The number of Topliss-reactive ketones (excluding diaryl/α,β-unsaturated/α-hetero) is 1. The number of hydrogen-bond donors (Lipinski definition) is 3. The average Bonchev–Trinajstić information content (AvgIpc) is 3.56. The van der Waals surface area contributed by atoms with Crippen LogP contribution in [0.3, 0.4) is 0 Å². The molecule has 1 spiro atoms. The zero-order chi connectivity index (χ0) is 19.7. The Balaban J connectivity index is 1.42. The minimum atomic E-state index is -1.26. The molecule has 0 amide bonds. The molecule has 154 valence electrons. The largest absolute Gasteiger partial charge is 0.396 e. The van der Waals surface area contributed by atoms with Crippen molar-refractivity contribution in [3.8, 4) is 0 Å². The highest BCUT2D eigenvalue weighted by molar-refractivity contribution is 6.00. The van der Waals surface area contributed by atoms with Crippen molar-refractivity contribution in [1.82, 2.24) is 0 Å². The number of allylic oxidation sites excluding steroid dienone is 1. The second-order valence-electron chi connectivity index (χ2n) is 10.9. The first-order chi connectivity index (χ1) is 13.2. The number of epoxide rings is 2. The molecule has 4 aliphatic carbocycles. The summed E-state index contributed by atoms with van der Waals surface area (Å²) in [5.41, 5.74) is -2.17. The number of ether oxygens (including phenoxy) is 2. The Morgan fingerprint density at radius 2 is 1.96 bits per heavy atom. The SMILES string of the molecule is C[C@@]1(CO)CCC[C@]2(C)[C@H]3C[C@@]45O[C@@H]4C(=O)[C@]4(CO)O[C@@H]4[C@]5(O)CC3=CC[C@@H]12. The third-order valence-electron chi connectivity index (χ3n) is 9.75. The summed E-state index contributed by atoms with van der Waals surface area (Å²) in [4.78, 5) is 12.9. The maximum atomic E-state index is 12.9. The van der Waals surface area contributed by atoms with E-state index in [0.717, 1.165) is 25.7 Å². The summed E-state index contributed by atoms with van der Waals surface area (Å²) in [5.74, 6) is 0.439. The number of fused-ring (bicyclic) bond motifs is 5. The van der Waals surface area contributed by atoms with E-state index in [2.05, 4.69) is 19.9 Å². The van der Waals surface area contributed by atoms with Crippen LogP contribution >= 0.6 is 0 Å². The van der Waals surface area contributed by atoms with E-state index in [0.29, 0.717) is 18.8 Å². The number of carbonyl (C=O) groups excluding carboxylic acids is 1. The second kappa shape index (κ2) is 4.92. The lowest BCUT2D eigenvalue weighted by molar-refractivity contribution is -0.134. The molecule has 3 N–H and O–H groups in total. The molecule has 0 aromatic rings. The van der Waals surface area contributed by atoms with Gasteiger partial charge in [0.05, 0.1) is 6.61 Å². The maximum Gasteiger partial charge on any atom is 0.201 e. The van der Waals surface area contributed by atoms with Crippen LogP contribution in [0.25, 0.3) is 0 Å². The van der Waals surface area contributed by atoms with Gasteiger partial charge in [0.15, 0.2) is 11.7 Å². The zero-order valence-electron chi connectivity index (χ0n) is 16.6. The summed E-state index contributed by atoms with van der Waals surface area (Å²) in [6.07, 6.45) is 6.17. The number of ketones is 1. The van der Waals surface area contributed by atoms with E-state index in [1.54, 1.807) is 0 Å². The van der Waals surface area contributed by atoms with Gasteiger partial charge in [-0.15, -0.1) is 0 Å².